The van der Waals surface area contributed by atoms with E-state index in [0.29, 0.717) is 17.8 Å². The number of pyridine rings is 1. The number of hydrogen-bond acceptors (Lipinski definition) is 6. The summed E-state index contributed by atoms with van der Waals surface area (Å²) in [5, 5.41) is 6.89. The van der Waals surface area contributed by atoms with Crippen molar-refractivity contribution < 1.29 is 19.4 Å². The Morgan fingerprint density at radius 1 is 1.39 bits per heavy atom. The van der Waals surface area contributed by atoms with Crippen LogP contribution < -0.4 is 4.74 Å². The molecule has 2 bridgehead atoms. The van der Waals surface area contributed by atoms with Crippen LogP contribution in [-0.4, -0.2) is 79.4 Å². The third-order valence-electron chi connectivity index (χ3n) is 4.23. The van der Waals surface area contributed by atoms with Crippen molar-refractivity contribution in [3.63, 3.8) is 0 Å². The number of fused-ring (bicyclic) bond motifs is 3. The topological polar surface area (TPSA) is 75.1 Å². The first kappa shape index (κ1) is 17.7. The smallest absolute Gasteiger partial charge is 0.290 e. The minimum atomic E-state index is -0.250. The van der Waals surface area contributed by atoms with Gasteiger partial charge in [-0.05, 0) is 12.6 Å². The summed E-state index contributed by atoms with van der Waals surface area (Å²) >= 11 is 0. The first-order valence-corrected chi connectivity index (χ1v) is 7.73. The van der Waals surface area contributed by atoms with Gasteiger partial charge < -0.3 is 14.6 Å². The lowest BCUT2D eigenvalue weighted by molar-refractivity contribution is -0.122. The number of rotatable bonds is 3. The van der Waals surface area contributed by atoms with Gasteiger partial charge in [0.1, 0.15) is 0 Å². The number of carboxylic acid groups (broad SMARTS) is 1. The van der Waals surface area contributed by atoms with Crippen LogP contribution in [0.5, 0.6) is 5.88 Å². The molecule has 0 spiro atoms. The van der Waals surface area contributed by atoms with Gasteiger partial charge in [0.25, 0.3) is 6.47 Å². The van der Waals surface area contributed by atoms with Crippen molar-refractivity contribution in [3.05, 3.63) is 23.9 Å². The van der Waals surface area contributed by atoms with E-state index in [1.54, 1.807) is 7.11 Å². The third-order valence-corrected chi connectivity index (χ3v) is 4.23. The summed E-state index contributed by atoms with van der Waals surface area (Å²) in [4.78, 5) is 17.6. The number of likely N-dealkylation sites (N-methyl/N-ethyl adjacent to an activating group) is 1. The molecule has 0 saturated carbocycles. The van der Waals surface area contributed by atoms with Crippen molar-refractivity contribution in [2.24, 2.45) is 5.92 Å². The molecule has 23 heavy (non-hydrogen) atoms. The highest BCUT2D eigenvalue weighted by molar-refractivity contribution is 5.32. The number of carbonyl (C=O) groups is 1. The highest BCUT2D eigenvalue weighted by Gasteiger charge is 2.31. The van der Waals surface area contributed by atoms with Crippen LogP contribution in [0.15, 0.2) is 18.3 Å². The fourth-order valence-corrected chi connectivity index (χ4v) is 3.16. The molecule has 0 aliphatic carbocycles. The Morgan fingerprint density at radius 2 is 2.17 bits per heavy atom. The zero-order valence-electron chi connectivity index (χ0n) is 13.7. The van der Waals surface area contributed by atoms with Crippen molar-refractivity contribution in [1.82, 2.24) is 14.8 Å². The maximum atomic E-state index is 8.36. The van der Waals surface area contributed by atoms with E-state index in [1.807, 2.05) is 12.3 Å². The number of nitrogens with zero attached hydrogens (tertiary/aromatic N) is 3. The summed E-state index contributed by atoms with van der Waals surface area (Å²) < 4.78 is 10.9. The monoisotopic (exact) mass is 323 g/mol. The van der Waals surface area contributed by atoms with Gasteiger partial charge in [-0.15, -0.1) is 0 Å². The molecular formula is C16H25N3O4. The van der Waals surface area contributed by atoms with Crippen LogP contribution in [0.4, 0.5) is 0 Å². The summed E-state index contributed by atoms with van der Waals surface area (Å²) in [6.45, 7) is 5.76. The van der Waals surface area contributed by atoms with Crippen molar-refractivity contribution in [2.45, 2.75) is 12.6 Å². The fraction of sp³-hybridized carbons (Fsp3) is 0.625. The Hall–Kier alpha value is -1.70. The van der Waals surface area contributed by atoms with Crippen LogP contribution in [0.25, 0.3) is 0 Å². The van der Waals surface area contributed by atoms with E-state index in [4.69, 9.17) is 19.4 Å². The summed E-state index contributed by atoms with van der Waals surface area (Å²) in [6, 6.07) is 4.55. The van der Waals surface area contributed by atoms with Gasteiger partial charge in [0.05, 0.1) is 20.3 Å². The first-order valence-electron chi connectivity index (χ1n) is 7.73. The summed E-state index contributed by atoms with van der Waals surface area (Å²) in [5.74, 6) is 1.29. The standard InChI is InChI=1S/C15H23N3O2.CH2O2/c1-17-6-13-8-18(9-14(17)11-20-10-13)7-12-3-4-15(19-2)16-5-12;2-1-3/h3-5,13-14H,6-11H2,1-2H3;1H,(H,2,3)/t13-,14+;/m1./s1. The summed E-state index contributed by atoms with van der Waals surface area (Å²) in [5.41, 5.74) is 1.24. The molecule has 2 aliphatic rings. The zero-order chi connectivity index (χ0) is 16.7. The number of hydrogen-bond donors (Lipinski definition) is 1. The third kappa shape index (κ3) is 5.16. The van der Waals surface area contributed by atoms with Crippen molar-refractivity contribution in [2.75, 3.05) is 47.0 Å². The normalized spacial score (nSPS) is 25.0. The number of ether oxygens (including phenoxy) is 2. The van der Waals surface area contributed by atoms with Gasteiger partial charge in [-0.3, -0.25) is 14.6 Å². The van der Waals surface area contributed by atoms with Gasteiger partial charge in [0.15, 0.2) is 0 Å². The predicted molar refractivity (Wildman–Crippen MR) is 85.5 cm³/mol. The zero-order valence-corrected chi connectivity index (χ0v) is 13.7. The van der Waals surface area contributed by atoms with Crippen LogP contribution in [0.2, 0.25) is 0 Å². The molecule has 1 aromatic rings. The quantitative estimate of drug-likeness (QED) is 0.814. The van der Waals surface area contributed by atoms with Crippen molar-refractivity contribution in [1.29, 1.82) is 0 Å². The highest BCUT2D eigenvalue weighted by atomic mass is 16.5. The van der Waals surface area contributed by atoms with E-state index in [9.17, 15) is 0 Å². The molecular weight excluding hydrogens is 298 g/mol. The average molecular weight is 323 g/mol. The molecule has 7 heteroatoms. The van der Waals surface area contributed by atoms with Gasteiger partial charge >= 0.3 is 0 Å². The van der Waals surface area contributed by atoms with E-state index < -0.39 is 0 Å². The highest BCUT2D eigenvalue weighted by Crippen LogP contribution is 2.20. The van der Waals surface area contributed by atoms with Crippen LogP contribution in [0.1, 0.15) is 5.56 Å². The van der Waals surface area contributed by atoms with E-state index in [2.05, 4.69) is 27.9 Å². The number of aromatic nitrogens is 1. The summed E-state index contributed by atoms with van der Waals surface area (Å²) in [6.07, 6.45) is 1.92. The average Bonchev–Trinajstić information content (AvgIpc) is 2.77. The van der Waals surface area contributed by atoms with Gasteiger partial charge in [-0.2, -0.15) is 0 Å². The van der Waals surface area contributed by atoms with Crippen LogP contribution in [-0.2, 0) is 16.1 Å². The Kier molecular flexibility index (Phi) is 6.76. The molecule has 1 N–H and O–H groups in total. The SMILES string of the molecule is COc1ccc(CN2C[C@@H]3COC[C@H](C2)N(C)C3)cn1.O=CO. The Labute approximate surface area is 136 Å². The van der Waals surface area contributed by atoms with Crippen molar-refractivity contribution >= 4 is 6.47 Å². The van der Waals surface area contributed by atoms with Gasteiger partial charge in [0, 0.05) is 50.4 Å². The largest absolute Gasteiger partial charge is 0.483 e. The molecule has 0 amide bonds. The molecule has 2 fully saturated rings. The van der Waals surface area contributed by atoms with Gasteiger partial charge in [0.2, 0.25) is 5.88 Å². The molecule has 2 saturated heterocycles. The molecule has 2 aliphatic heterocycles. The minimum absolute atomic E-state index is 0.250. The van der Waals surface area contributed by atoms with E-state index in [-0.39, 0.29) is 6.47 Å². The molecule has 2 atom stereocenters. The second kappa shape index (κ2) is 8.81. The van der Waals surface area contributed by atoms with Crippen molar-refractivity contribution in [3.8, 4) is 5.88 Å². The molecule has 0 unspecified atom stereocenters. The predicted octanol–water partition coefficient (Wildman–Crippen LogP) is 0.553. The molecule has 128 valence electrons. The van der Waals surface area contributed by atoms with E-state index in [1.165, 1.54) is 5.56 Å². The van der Waals surface area contributed by atoms with E-state index in [0.717, 1.165) is 39.4 Å². The Balaban J connectivity index is 0.000000595. The first-order chi connectivity index (χ1) is 11.2. The van der Waals surface area contributed by atoms with Gasteiger partial charge in [-0.25, -0.2) is 4.98 Å². The second-order valence-corrected chi connectivity index (χ2v) is 6.01. The maximum absolute atomic E-state index is 8.36. The van der Waals surface area contributed by atoms with Crippen LogP contribution in [0.3, 0.4) is 0 Å². The lowest BCUT2D eigenvalue weighted by atomic mass is 10.1. The van der Waals surface area contributed by atoms with Gasteiger partial charge in [-0.1, -0.05) is 6.07 Å². The Bertz CT molecular complexity index is 483. The van der Waals surface area contributed by atoms with E-state index >= 15 is 0 Å². The number of methoxy groups -OCH3 is 1. The molecule has 3 rings (SSSR count). The molecule has 0 aromatic carbocycles. The lowest BCUT2D eigenvalue weighted by Crippen LogP contribution is -2.41. The molecule has 7 nitrogen and oxygen atoms in total. The second-order valence-electron chi connectivity index (χ2n) is 6.01. The maximum Gasteiger partial charge on any atom is 0.290 e. The van der Waals surface area contributed by atoms with Crippen LogP contribution in [0, 0.1) is 5.92 Å². The molecule has 3 heterocycles. The summed E-state index contributed by atoms with van der Waals surface area (Å²) in [7, 11) is 3.86. The molecule has 0 radical (unpaired) electrons. The lowest BCUT2D eigenvalue weighted by Gasteiger charge is -2.29. The minimum Gasteiger partial charge on any atom is -0.483 e. The Morgan fingerprint density at radius 3 is 2.83 bits per heavy atom. The fourth-order valence-electron chi connectivity index (χ4n) is 3.16. The van der Waals surface area contributed by atoms with Crippen LogP contribution >= 0.6 is 0 Å². The molecule has 1 aromatic heterocycles.